The molecular weight excluding hydrogens is 691 g/mol. The Bertz CT molecular complexity index is 1910. The molecule has 3 amide bonds. The number of hydrogen-bond donors (Lipinski definition) is 4. The van der Waals surface area contributed by atoms with Crippen LogP contribution in [0.3, 0.4) is 0 Å². The van der Waals surface area contributed by atoms with Gasteiger partial charge in [0, 0.05) is 44.7 Å². The van der Waals surface area contributed by atoms with Crippen LogP contribution in [0.15, 0.2) is 66.2 Å². The van der Waals surface area contributed by atoms with Gasteiger partial charge in [-0.25, -0.2) is 4.98 Å². The van der Waals surface area contributed by atoms with E-state index < -0.39 is 23.6 Å². The maximum absolute atomic E-state index is 14.1. The van der Waals surface area contributed by atoms with Gasteiger partial charge in [-0.05, 0) is 36.5 Å². The molecule has 0 spiro atoms. The molecule has 0 bridgehead atoms. The van der Waals surface area contributed by atoms with Crippen molar-refractivity contribution in [1.82, 2.24) is 35.6 Å². The van der Waals surface area contributed by atoms with Gasteiger partial charge in [-0.2, -0.15) is 0 Å². The number of amides is 3. The molecule has 0 unspecified atom stereocenters. The summed E-state index contributed by atoms with van der Waals surface area (Å²) < 4.78 is 0. The number of nitrogen functional groups attached to an aromatic ring is 1. The van der Waals surface area contributed by atoms with Crippen molar-refractivity contribution in [2.45, 2.75) is 65.3 Å². The zero-order valence-electron chi connectivity index (χ0n) is 31.0. The Hall–Kier alpha value is -4.92. The third kappa shape index (κ3) is 8.83. The number of likely N-dealkylation sites (tertiary alicyclic amines) is 1. The Kier molecular flexibility index (Phi) is 11.4. The van der Waals surface area contributed by atoms with Gasteiger partial charge in [0.25, 0.3) is 0 Å². The molecule has 0 saturated carbocycles. The lowest BCUT2D eigenvalue weighted by atomic mass is 9.85. The first-order valence-corrected chi connectivity index (χ1v) is 18.9. The number of nitrogens with one attached hydrogen (secondary N) is 2. The lowest BCUT2D eigenvalue weighted by molar-refractivity contribution is -0.144. The molecule has 2 aliphatic heterocycles. The number of aryl methyl sites for hydroxylation is 1. The SMILES string of the molecule is Cc1ncsc1-c1ccc([C@H](C)NC(=O)[C@@H]2C[C@@H](O)CN2C(=O)[C@@H](NC(=O)CN2CCN(c3cc(-c4ccccc4)nnc3N)CC2)C(C)(C)C)cc1. The summed E-state index contributed by atoms with van der Waals surface area (Å²) in [5.41, 5.74) is 12.8. The van der Waals surface area contributed by atoms with Crippen molar-refractivity contribution < 1.29 is 19.5 Å². The summed E-state index contributed by atoms with van der Waals surface area (Å²) in [6.45, 7) is 12.1. The maximum atomic E-state index is 14.1. The standard InChI is InChI=1S/C39H49N9O4S/c1-24(26-11-13-28(14-12-26)34-25(2)41-23-53-34)42-37(51)32-19-29(49)21-48(32)38(52)35(39(3,4)5)43-33(50)22-46-15-17-47(18-16-46)31-20-30(44-45-36(31)40)27-9-7-6-8-10-27/h6-14,20,23-24,29,32,35,49H,15-19,21-22H2,1-5H3,(H2,40,45)(H,42,51)(H,43,50)/t24-,29+,32-,35+/m0/s1. The number of aliphatic hydroxyl groups is 1. The minimum atomic E-state index is -0.906. The fourth-order valence-corrected chi connectivity index (χ4v) is 7.78. The van der Waals surface area contributed by atoms with E-state index in [4.69, 9.17) is 5.73 Å². The number of piperazine rings is 1. The molecule has 2 aromatic carbocycles. The van der Waals surface area contributed by atoms with E-state index in [0.29, 0.717) is 32.0 Å². The minimum absolute atomic E-state index is 0.0115. The van der Waals surface area contributed by atoms with Crippen LogP contribution in [0.4, 0.5) is 11.5 Å². The summed E-state index contributed by atoms with van der Waals surface area (Å²) >= 11 is 1.58. The van der Waals surface area contributed by atoms with E-state index in [1.54, 1.807) is 11.3 Å². The largest absolute Gasteiger partial charge is 0.391 e. The average molecular weight is 740 g/mol. The van der Waals surface area contributed by atoms with Crippen molar-refractivity contribution in [2.24, 2.45) is 5.41 Å². The predicted molar refractivity (Wildman–Crippen MR) is 207 cm³/mol. The molecule has 4 atom stereocenters. The van der Waals surface area contributed by atoms with Crippen LogP contribution in [0.1, 0.15) is 51.4 Å². The molecule has 2 fully saturated rings. The van der Waals surface area contributed by atoms with Crippen molar-refractivity contribution in [3.05, 3.63) is 77.4 Å². The van der Waals surface area contributed by atoms with Gasteiger partial charge in [-0.15, -0.1) is 21.5 Å². The Morgan fingerprint density at radius 1 is 0.981 bits per heavy atom. The van der Waals surface area contributed by atoms with Gasteiger partial charge in [0.1, 0.15) is 12.1 Å². The molecule has 6 rings (SSSR count). The van der Waals surface area contributed by atoms with Crippen LogP contribution in [0.25, 0.3) is 21.7 Å². The van der Waals surface area contributed by atoms with Gasteiger partial charge in [0.15, 0.2) is 5.82 Å². The Balaban J connectivity index is 1.05. The van der Waals surface area contributed by atoms with E-state index in [2.05, 4.69) is 30.7 Å². The number of anilines is 2. The summed E-state index contributed by atoms with van der Waals surface area (Å²) in [5, 5.41) is 25.1. The van der Waals surface area contributed by atoms with Crippen molar-refractivity contribution in [1.29, 1.82) is 0 Å². The smallest absolute Gasteiger partial charge is 0.246 e. The van der Waals surface area contributed by atoms with Crippen LogP contribution in [-0.2, 0) is 14.4 Å². The van der Waals surface area contributed by atoms with E-state index in [1.807, 2.05) is 106 Å². The number of hydrogen-bond acceptors (Lipinski definition) is 11. The number of benzene rings is 2. The summed E-state index contributed by atoms with van der Waals surface area (Å²) in [6, 6.07) is 17.6. The van der Waals surface area contributed by atoms with Gasteiger partial charge in [-0.3, -0.25) is 19.3 Å². The molecule has 2 aliphatic rings. The fraction of sp³-hybridized carbons (Fsp3) is 0.436. The van der Waals surface area contributed by atoms with Gasteiger partial charge in [0.2, 0.25) is 17.7 Å². The summed E-state index contributed by atoms with van der Waals surface area (Å²) in [4.78, 5) is 52.3. The van der Waals surface area contributed by atoms with Crippen LogP contribution in [0.5, 0.6) is 0 Å². The van der Waals surface area contributed by atoms with Gasteiger partial charge in [-0.1, -0.05) is 75.4 Å². The molecule has 280 valence electrons. The maximum Gasteiger partial charge on any atom is 0.246 e. The molecule has 14 heteroatoms. The molecule has 4 aromatic rings. The normalized spacial score (nSPS) is 19.1. The first-order chi connectivity index (χ1) is 25.3. The highest BCUT2D eigenvalue weighted by Gasteiger charge is 2.45. The Labute approximate surface area is 314 Å². The third-order valence-electron chi connectivity index (χ3n) is 10.0. The molecule has 53 heavy (non-hydrogen) atoms. The summed E-state index contributed by atoms with van der Waals surface area (Å²) in [5.74, 6) is -0.663. The first kappa shape index (κ1) is 37.8. The molecule has 13 nitrogen and oxygen atoms in total. The van der Waals surface area contributed by atoms with Crippen molar-refractivity contribution >= 4 is 40.6 Å². The highest BCUT2D eigenvalue weighted by Crippen LogP contribution is 2.30. The van der Waals surface area contributed by atoms with Gasteiger partial charge in [0.05, 0.1) is 46.2 Å². The second kappa shape index (κ2) is 16.0. The lowest BCUT2D eigenvalue weighted by Gasteiger charge is -2.38. The zero-order chi connectivity index (χ0) is 37.9. The van der Waals surface area contributed by atoms with Crippen LogP contribution in [0, 0.1) is 12.3 Å². The second-order valence-electron chi connectivity index (χ2n) is 15.0. The number of carbonyl (C=O) groups is 3. The monoisotopic (exact) mass is 739 g/mol. The van der Waals surface area contributed by atoms with Crippen LogP contribution < -0.4 is 21.3 Å². The highest BCUT2D eigenvalue weighted by molar-refractivity contribution is 7.13. The number of rotatable bonds is 10. The van der Waals surface area contributed by atoms with E-state index in [9.17, 15) is 19.5 Å². The summed E-state index contributed by atoms with van der Waals surface area (Å²) in [6.07, 6.45) is -0.735. The first-order valence-electron chi connectivity index (χ1n) is 18.0. The van der Waals surface area contributed by atoms with Crippen LogP contribution in [-0.4, -0.2) is 105 Å². The van der Waals surface area contributed by atoms with Gasteiger partial charge < -0.3 is 31.3 Å². The van der Waals surface area contributed by atoms with Crippen LogP contribution >= 0.6 is 11.3 Å². The lowest BCUT2D eigenvalue weighted by Crippen LogP contribution is -2.59. The van der Waals surface area contributed by atoms with E-state index in [1.165, 1.54) is 4.90 Å². The Morgan fingerprint density at radius 2 is 1.68 bits per heavy atom. The zero-order valence-corrected chi connectivity index (χ0v) is 31.8. The van der Waals surface area contributed by atoms with E-state index in [-0.39, 0.29) is 43.3 Å². The van der Waals surface area contributed by atoms with Crippen molar-refractivity contribution in [3.8, 4) is 21.7 Å². The van der Waals surface area contributed by atoms with Crippen LogP contribution in [0.2, 0.25) is 0 Å². The molecular formula is C39H49N9O4S. The molecule has 2 saturated heterocycles. The molecule has 4 heterocycles. The molecule has 2 aromatic heterocycles. The topological polar surface area (TPSA) is 170 Å². The second-order valence-corrected chi connectivity index (χ2v) is 15.9. The number of aromatic nitrogens is 3. The fourth-order valence-electron chi connectivity index (χ4n) is 6.97. The summed E-state index contributed by atoms with van der Waals surface area (Å²) in [7, 11) is 0. The number of carbonyl (C=O) groups excluding carboxylic acids is 3. The number of nitrogens with zero attached hydrogens (tertiary/aromatic N) is 6. The number of thiazole rings is 1. The van der Waals surface area contributed by atoms with E-state index >= 15 is 0 Å². The minimum Gasteiger partial charge on any atom is -0.391 e. The van der Waals surface area contributed by atoms with E-state index in [0.717, 1.165) is 38.6 Å². The molecule has 5 N–H and O–H groups in total. The third-order valence-corrected chi connectivity index (χ3v) is 11.0. The Morgan fingerprint density at radius 3 is 2.32 bits per heavy atom. The predicted octanol–water partition coefficient (Wildman–Crippen LogP) is 3.65. The number of nitrogens with two attached hydrogens (primary N) is 1. The van der Waals surface area contributed by atoms with Crippen molar-refractivity contribution in [2.75, 3.05) is 49.9 Å². The molecule has 0 radical (unpaired) electrons. The average Bonchev–Trinajstić information content (AvgIpc) is 3.76. The number of β-amino-alcohol motifs (C(OH)–C–C–N with tert-alkyl or cyclic N) is 1. The quantitative estimate of drug-likeness (QED) is 0.188. The molecule has 0 aliphatic carbocycles. The number of aliphatic hydroxyl groups excluding tert-OH is 1. The van der Waals surface area contributed by atoms with Crippen molar-refractivity contribution in [3.63, 3.8) is 0 Å². The van der Waals surface area contributed by atoms with Gasteiger partial charge >= 0.3 is 0 Å². The highest BCUT2D eigenvalue weighted by atomic mass is 32.1.